The zero-order valence-corrected chi connectivity index (χ0v) is 24.6. The summed E-state index contributed by atoms with van der Waals surface area (Å²) in [5.74, 6) is -0.367. The summed E-state index contributed by atoms with van der Waals surface area (Å²) >= 11 is 1.41. The summed E-state index contributed by atoms with van der Waals surface area (Å²) in [4.78, 5) is 38.9. The fraction of sp³-hybridized carbons (Fsp3) is 0.323. The highest BCUT2D eigenvalue weighted by atomic mass is 32.1. The van der Waals surface area contributed by atoms with Crippen LogP contribution in [0.2, 0.25) is 0 Å². The molecule has 2 N–H and O–H groups in total. The van der Waals surface area contributed by atoms with E-state index in [2.05, 4.69) is 21.7 Å². The van der Waals surface area contributed by atoms with Gasteiger partial charge in [0.1, 0.15) is 0 Å². The van der Waals surface area contributed by atoms with Crippen molar-refractivity contribution in [3.8, 4) is 22.4 Å². The van der Waals surface area contributed by atoms with E-state index < -0.39 is 5.60 Å². The van der Waals surface area contributed by atoms with Gasteiger partial charge in [0.25, 0.3) is 0 Å². The number of benzene rings is 1. The average molecular weight is 572 g/mol. The number of rotatable bonds is 7. The number of esters is 1. The molecule has 2 unspecified atom stereocenters. The number of anilines is 1. The highest BCUT2D eigenvalue weighted by Crippen LogP contribution is 2.40. The number of carbonyl (C=O) groups excluding carboxylic acids is 2. The van der Waals surface area contributed by atoms with Crippen LogP contribution in [0.4, 0.5) is 9.93 Å². The van der Waals surface area contributed by atoms with Crippen LogP contribution in [0.3, 0.4) is 0 Å². The number of aromatic nitrogens is 3. The van der Waals surface area contributed by atoms with Crippen molar-refractivity contribution in [3.05, 3.63) is 66.1 Å². The summed E-state index contributed by atoms with van der Waals surface area (Å²) in [6, 6.07) is 13.6. The van der Waals surface area contributed by atoms with E-state index in [0.717, 1.165) is 49.4 Å². The molecule has 9 nitrogen and oxygen atoms in total. The van der Waals surface area contributed by atoms with Crippen LogP contribution in [0.15, 0.2) is 60.4 Å². The molecule has 2 atom stereocenters. The van der Waals surface area contributed by atoms with Gasteiger partial charge in [-0.2, -0.15) is 0 Å². The number of ether oxygens (including phenoxy) is 2. The Morgan fingerprint density at radius 1 is 1.12 bits per heavy atom. The van der Waals surface area contributed by atoms with E-state index in [4.69, 9.17) is 19.4 Å². The summed E-state index contributed by atoms with van der Waals surface area (Å²) in [6.07, 6.45) is 3.73. The maximum absolute atomic E-state index is 12.7. The lowest BCUT2D eigenvalue weighted by molar-refractivity contribution is -0.174. The van der Waals surface area contributed by atoms with Crippen molar-refractivity contribution >= 4 is 44.3 Å². The van der Waals surface area contributed by atoms with Gasteiger partial charge in [0.2, 0.25) is 0 Å². The third kappa shape index (κ3) is 5.84. The lowest BCUT2D eigenvalue weighted by Crippen LogP contribution is -2.45. The largest absolute Gasteiger partial charge is 0.464 e. The second-order valence-electron chi connectivity index (χ2n) is 10.1. The fourth-order valence-corrected chi connectivity index (χ4v) is 5.91. The maximum Gasteiger partial charge on any atom is 0.338 e. The molecule has 41 heavy (non-hydrogen) atoms. The first-order valence-corrected chi connectivity index (χ1v) is 14.5. The van der Waals surface area contributed by atoms with E-state index in [1.54, 1.807) is 20.0 Å². The molecule has 1 aromatic carbocycles. The van der Waals surface area contributed by atoms with Crippen LogP contribution in [0, 0.1) is 0 Å². The molecule has 4 aromatic rings. The average Bonchev–Trinajstić information content (AvgIpc) is 3.37. The van der Waals surface area contributed by atoms with Crippen molar-refractivity contribution in [2.45, 2.75) is 52.7 Å². The number of nitrogens with one attached hydrogen (secondary N) is 2. The quantitative estimate of drug-likeness (QED) is 0.244. The summed E-state index contributed by atoms with van der Waals surface area (Å²) < 4.78 is 12.3. The number of urea groups is 1. The Hall–Kier alpha value is -4.15. The molecule has 1 aliphatic rings. The van der Waals surface area contributed by atoms with Gasteiger partial charge >= 0.3 is 12.0 Å². The highest BCUT2D eigenvalue weighted by Gasteiger charge is 2.43. The Kier molecular flexibility index (Phi) is 8.14. The molecule has 4 heterocycles. The number of nitrogens with zero attached hydrogens (tertiary/aromatic N) is 3. The number of fused-ring (bicyclic) bond motifs is 1. The SMILES string of the molecule is CCNC(=O)Nc1nc2cc(-c3ccc(C4=C(C)C(C)OC(C)(C(=O)OCC)C4)nc3)cc(-c3ccccn3)c2s1. The van der Waals surface area contributed by atoms with Gasteiger partial charge in [-0.05, 0) is 81.7 Å². The third-order valence-electron chi connectivity index (χ3n) is 7.14. The molecular formula is C31H33N5O4S. The minimum atomic E-state index is -1.07. The lowest BCUT2D eigenvalue weighted by Gasteiger charge is -2.37. The van der Waals surface area contributed by atoms with Gasteiger partial charge in [-0.3, -0.25) is 15.3 Å². The van der Waals surface area contributed by atoms with E-state index in [1.807, 2.05) is 63.4 Å². The Labute approximate surface area is 243 Å². The molecule has 0 radical (unpaired) electrons. The molecule has 5 rings (SSSR count). The minimum Gasteiger partial charge on any atom is -0.464 e. The van der Waals surface area contributed by atoms with Crippen LogP contribution >= 0.6 is 11.3 Å². The molecule has 3 aromatic heterocycles. The van der Waals surface area contributed by atoms with Crippen molar-refractivity contribution in [1.29, 1.82) is 0 Å². The van der Waals surface area contributed by atoms with Crippen molar-refractivity contribution in [3.63, 3.8) is 0 Å². The zero-order valence-electron chi connectivity index (χ0n) is 23.8. The first-order chi connectivity index (χ1) is 19.7. The lowest BCUT2D eigenvalue weighted by atomic mass is 9.86. The number of amides is 2. The molecule has 0 fully saturated rings. The predicted octanol–water partition coefficient (Wildman–Crippen LogP) is 6.47. The highest BCUT2D eigenvalue weighted by molar-refractivity contribution is 7.22. The van der Waals surface area contributed by atoms with Gasteiger partial charge in [0, 0.05) is 36.5 Å². The van der Waals surface area contributed by atoms with Gasteiger partial charge in [0.15, 0.2) is 10.7 Å². The Balaban J connectivity index is 1.52. The molecule has 0 saturated carbocycles. The Morgan fingerprint density at radius 2 is 1.95 bits per heavy atom. The van der Waals surface area contributed by atoms with Crippen LogP contribution in [-0.2, 0) is 14.3 Å². The van der Waals surface area contributed by atoms with Crippen molar-refractivity contribution in [2.24, 2.45) is 0 Å². The number of pyridine rings is 2. The number of carbonyl (C=O) groups is 2. The summed E-state index contributed by atoms with van der Waals surface area (Å²) in [7, 11) is 0. The van der Waals surface area contributed by atoms with Crippen LogP contribution in [0.5, 0.6) is 0 Å². The molecule has 0 spiro atoms. The summed E-state index contributed by atoms with van der Waals surface area (Å²) in [6.45, 7) is 10.2. The van der Waals surface area contributed by atoms with Crippen LogP contribution < -0.4 is 10.6 Å². The van der Waals surface area contributed by atoms with Gasteiger partial charge in [-0.25, -0.2) is 14.6 Å². The molecule has 0 saturated heterocycles. The van der Waals surface area contributed by atoms with Gasteiger partial charge in [0.05, 0.1) is 34.3 Å². The Morgan fingerprint density at radius 3 is 2.63 bits per heavy atom. The van der Waals surface area contributed by atoms with Crippen LogP contribution in [0.25, 0.3) is 38.2 Å². The summed E-state index contributed by atoms with van der Waals surface area (Å²) in [5.41, 5.74) is 6.07. The molecule has 2 amide bonds. The first-order valence-electron chi connectivity index (χ1n) is 13.6. The third-order valence-corrected chi connectivity index (χ3v) is 8.16. The van der Waals surface area contributed by atoms with E-state index in [-0.39, 0.29) is 18.1 Å². The number of hydrogen-bond acceptors (Lipinski definition) is 8. The fourth-order valence-electron chi connectivity index (χ4n) is 4.95. The van der Waals surface area contributed by atoms with Gasteiger partial charge in [-0.1, -0.05) is 23.5 Å². The predicted molar refractivity (Wildman–Crippen MR) is 162 cm³/mol. The smallest absolute Gasteiger partial charge is 0.338 e. The molecule has 10 heteroatoms. The van der Waals surface area contributed by atoms with E-state index >= 15 is 0 Å². The van der Waals surface area contributed by atoms with Crippen LogP contribution in [-0.4, -0.2) is 51.8 Å². The Bertz CT molecular complexity index is 1620. The second kappa shape index (κ2) is 11.8. The topological polar surface area (TPSA) is 115 Å². The zero-order chi connectivity index (χ0) is 29.1. The van der Waals surface area contributed by atoms with Crippen molar-refractivity contribution < 1.29 is 19.1 Å². The van der Waals surface area contributed by atoms with E-state index in [9.17, 15) is 9.59 Å². The molecule has 0 aliphatic carbocycles. The molecular weight excluding hydrogens is 538 g/mol. The standard InChI is InChI=1S/C31H33N5O4S/c1-6-32-29(38)36-30-35-26-15-21(14-22(27(26)41-30)24-10-8-9-13-33-24)20-11-12-25(34-17-20)23-16-31(5,28(37)39-7-2)40-19(4)18(23)3/h8-15,17,19H,6-7,16H2,1-5H3,(H2,32,35,36,38). The normalized spacial score (nSPS) is 18.8. The van der Waals surface area contributed by atoms with E-state index in [0.29, 0.717) is 24.7 Å². The number of thiazole rings is 1. The second-order valence-corrected chi connectivity index (χ2v) is 11.1. The molecule has 212 valence electrons. The molecule has 1 aliphatic heterocycles. The van der Waals surface area contributed by atoms with E-state index in [1.165, 1.54) is 11.3 Å². The van der Waals surface area contributed by atoms with Crippen molar-refractivity contribution in [2.75, 3.05) is 18.5 Å². The maximum atomic E-state index is 12.7. The first kappa shape index (κ1) is 28.4. The van der Waals surface area contributed by atoms with Crippen molar-refractivity contribution in [1.82, 2.24) is 20.3 Å². The van der Waals surface area contributed by atoms with Crippen LogP contribution in [0.1, 0.15) is 46.7 Å². The number of hydrogen-bond donors (Lipinski definition) is 2. The monoisotopic (exact) mass is 571 g/mol. The summed E-state index contributed by atoms with van der Waals surface area (Å²) in [5, 5.41) is 6.07. The molecule has 0 bridgehead atoms. The van der Waals surface area contributed by atoms with Gasteiger partial charge < -0.3 is 14.8 Å². The van der Waals surface area contributed by atoms with Gasteiger partial charge in [-0.15, -0.1) is 0 Å². The minimum absolute atomic E-state index is 0.246.